The van der Waals surface area contributed by atoms with Gasteiger partial charge >= 0.3 is 0 Å². The summed E-state index contributed by atoms with van der Waals surface area (Å²) < 4.78 is 0. The van der Waals surface area contributed by atoms with Gasteiger partial charge in [-0.05, 0) is 49.9 Å². The molecule has 0 aromatic rings. The topological polar surface area (TPSA) is 20.2 Å². The first-order valence-electron chi connectivity index (χ1n) is 8.34. The minimum Gasteiger partial charge on any atom is -0.396 e. The Bertz CT molecular complexity index is 281. The monoisotopic (exact) mass is 266 g/mol. The average Bonchev–Trinajstić information content (AvgIpc) is 2.41. The van der Waals surface area contributed by atoms with Crippen LogP contribution in [-0.2, 0) is 0 Å². The summed E-state index contributed by atoms with van der Waals surface area (Å²) in [5.74, 6) is 1.44. The van der Waals surface area contributed by atoms with E-state index in [0.29, 0.717) is 17.9 Å². The van der Waals surface area contributed by atoms with Crippen LogP contribution in [0.3, 0.4) is 0 Å². The van der Waals surface area contributed by atoms with Gasteiger partial charge in [0.25, 0.3) is 0 Å². The van der Waals surface area contributed by atoms with Crippen LogP contribution in [0.4, 0.5) is 0 Å². The van der Waals surface area contributed by atoms with Gasteiger partial charge in [0.15, 0.2) is 0 Å². The molecule has 0 heterocycles. The van der Waals surface area contributed by atoms with E-state index in [9.17, 15) is 5.11 Å². The van der Waals surface area contributed by atoms with E-state index in [1.54, 1.807) is 0 Å². The van der Waals surface area contributed by atoms with Crippen molar-refractivity contribution in [2.75, 3.05) is 6.61 Å². The van der Waals surface area contributed by atoms with Crippen molar-refractivity contribution in [2.45, 2.75) is 79.1 Å². The Labute approximate surface area is 120 Å². The fourth-order valence-electron chi connectivity index (χ4n) is 3.64. The summed E-state index contributed by atoms with van der Waals surface area (Å²) in [7, 11) is 0. The van der Waals surface area contributed by atoms with Gasteiger partial charge in [-0.25, -0.2) is 0 Å². The zero-order chi connectivity index (χ0) is 14.3. The molecule has 1 nitrogen and oxygen atoms in total. The number of unbranched alkanes of at least 4 members (excludes halogenated alkanes) is 2. The van der Waals surface area contributed by atoms with Crippen LogP contribution in [0.5, 0.6) is 0 Å². The third-order valence-electron chi connectivity index (χ3n) is 5.56. The van der Waals surface area contributed by atoms with E-state index < -0.39 is 0 Å². The molecule has 1 aliphatic rings. The van der Waals surface area contributed by atoms with Crippen LogP contribution in [-0.4, -0.2) is 11.7 Å². The Balaban J connectivity index is 2.65. The summed E-state index contributed by atoms with van der Waals surface area (Å²) >= 11 is 0. The normalized spacial score (nSPS) is 26.9. The molecule has 0 amide bonds. The summed E-state index contributed by atoms with van der Waals surface area (Å²) in [6.07, 6.45) is 12.7. The first-order chi connectivity index (χ1) is 9.07. The van der Waals surface area contributed by atoms with E-state index >= 15 is 0 Å². The number of aliphatic hydroxyl groups excluding tert-OH is 1. The minimum absolute atomic E-state index is 0.335. The van der Waals surface area contributed by atoms with Gasteiger partial charge in [0.05, 0.1) is 0 Å². The summed E-state index contributed by atoms with van der Waals surface area (Å²) in [6.45, 7) is 9.72. The lowest BCUT2D eigenvalue weighted by Gasteiger charge is -2.41. The van der Waals surface area contributed by atoms with E-state index in [1.807, 2.05) is 0 Å². The van der Waals surface area contributed by atoms with Gasteiger partial charge in [-0.15, -0.1) is 0 Å². The average molecular weight is 266 g/mol. The predicted octanol–water partition coefficient (Wildman–Crippen LogP) is 5.34. The van der Waals surface area contributed by atoms with Crippen molar-refractivity contribution in [3.8, 4) is 0 Å². The van der Waals surface area contributed by atoms with Crippen LogP contribution < -0.4 is 0 Å². The molecule has 0 spiro atoms. The van der Waals surface area contributed by atoms with E-state index in [2.05, 4.69) is 33.8 Å². The zero-order valence-electron chi connectivity index (χ0n) is 13.5. The molecule has 19 heavy (non-hydrogen) atoms. The molecule has 1 N–H and O–H groups in total. The molecule has 2 unspecified atom stereocenters. The standard InChI is InChI=1S/C18H34O/c1-5-7-8-12-18(4,6-2)17-10-9-15(3)16(14-17)11-13-19/h9,16-17,19H,5-8,10-14H2,1-4H3/t16?,17-,18?/m1/s1. The maximum Gasteiger partial charge on any atom is 0.0436 e. The highest BCUT2D eigenvalue weighted by Crippen LogP contribution is 2.46. The molecule has 3 atom stereocenters. The summed E-state index contributed by atoms with van der Waals surface area (Å²) in [5, 5.41) is 9.23. The maximum absolute atomic E-state index is 9.23. The van der Waals surface area contributed by atoms with Crippen LogP contribution in [0.25, 0.3) is 0 Å². The molecule has 0 aliphatic heterocycles. The first-order valence-corrected chi connectivity index (χ1v) is 8.34. The van der Waals surface area contributed by atoms with Gasteiger partial charge in [-0.3, -0.25) is 0 Å². The summed E-state index contributed by atoms with van der Waals surface area (Å²) in [4.78, 5) is 0. The van der Waals surface area contributed by atoms with Crippen molar-refractivity contribution in [1.82, 2.24) is 0 Å². The third-order valence-corrected chi connectivity index (χ3v) is 5.56. The van der Waals surface area contributed by atoms with Gasteiger partial charge in [0, 0.05) is 6.61 Å². The molecule has 1 aliphatic carbocycles. The van der Waals surface area contributed by atoms with Crippen molar-refractivity contribution in [3.63, 3.8) is 0 Å². The lowest BCUT2D eigenvalue weighted by atomic mass is 9.64. The SMILES string of the molecule is CCCCCC(C)(CC)[C@@H]1CC=C(C)C(CCO)C1. The highest BCUT2D eigenvalue weighted by atomic mass is 16.3. The molecule has 0 bridgehead atoms. The molecule has 0 fully saturated rings. The Morgan fingerprint density at radius 3 is 2.63 bits per heavy atom. The van der Waals surface area contributed by atoms with Crippen LogP contribution >= 0.6 is 0 Å². The van der Waals surface area contributed by atoms with Gasteiger partial charge in [0.2, 0.25) is 0 Å². The number of hydrogen-bond donors (Lipinski definition) is 1. The smallest absolute Gasteiger partial charge is 0.0436 e. The van der Waals surface area contributed by atoms with Crippen LogP contribution in [0, 0.1) is 17.3 Å². The Hall–Kier alpha value is -0.300. The quantitative estimate of drug-likeness (QED) is 0.464. The fraction of sp³-hybridized carbons (Fsp3) is 0.889. The number of rotatable bonds is 8. The van der Waals surface area contributed by atoms with Crippen molar-refractivity contribution in [1.29, 1.82) is 0 Å². The van der Waals surface area contributed by atoms with Gasteiger partial charge in [-0.2, -0.15) is 0 Å². The molecule has 0 saturated carbocycles. The van der Waals surface area contributed by atoms with Crippen molar-refractivity contribution in [2.24, 2.45) is 17.3 Å². The molecular weight excluding hydrogens is 232 g/mol. The summed E-state index contributed by atoms with van der Waals surface area (Å²) in [6, 6.07) is 0. The Morgan fingerprint density at radius 2 is 2.05 bits per heavy atom. The lowest BCUT2D eigenvalue weighted by Crippen LogP contribution is -2.31. The first kappa shape index (κ1) is 16.8. The number of hydrogen-bond acceptors (Lipinski definition) is 1. The Morgan fingerprint density at radius 1 is 1.32 bits per heavy atom. The van der Waals surface area contributed by atoms with Crippen molar-refractivity contribution in [3.05, 3.63) is 11.6 Å². The van der Waals surface area contributed by atoms with E-state index in [1.165, 1.54) is 50.5 Å². The van der Waals surface area contributed by atoms with Gasteiger partial charge in [0.1, 0.15) is 0 Å². The molecular formula is C18H34O. The van der Waals surface area contributed by atoms with Gasteiger partial charge in [-0.1, -0.05) is 58.1 Å². The third kappa shape index (κ3) is 4.63. The zero-order valence-corrected chi connectivity index (χ0v) is 13.5. The fourth-order valence-corrected chi connectivity index (χ4v) is 3.64. The molecule has 0 aromatic heterocycles. The van der Waals surface area contributed by atoms with Crippen molar-refractivity contribution >= 4 is 0 Å². The largest absolute Gasteiger partial charge is 0.396 e. The summed E-state index contributed by atoms with van der Waals surface area (Å²) in [5.41, 5.74) is 2.01. The van der Waals surface area contributed by atoms with E-state index in [4.69, 9.17) is 0 Å². The minimum atomic E-state index is 0.335. The molecule has 1 heteroatoms. The predicted molar refractivity (Wildman–Crippen MR) is 84.2 cm³/mol. The maximum atomic E-state index is 9.23. The number of allylic oxidation sites excluding steroid dienone is 2. The highest BCUT2D eigenvalue weighted by molar-refractivity contribution is 5.10. The molecule has 1 rings (SSSR count). The molecule has 112 valence electrons. The lowest BCUT2D eigenvalue weighted by molar-refractivity contribution is 0.119. The number of aliphatic hydroxyl groups is 1. The van der Waals surface area contributed by atoms with Gasteiger partial charge < -0.3 is 5.11 Å². The second-order valence-electron chi connectivity index (χ2n) is 6.79. The van der Waals surface area contributed by atoms with Crippen LogP contribution in [0.1, 0.15) is 79.1 Å². The van der Waals surface area contributed by atoms with E-state index in [0.717, 1.165) is 12.3 Å². The molecule has 0 aromatic carbocycles. The van der Waals surface area contributed by atoms with Crippen molar-refractivity contribution < 1.29 is 5.11 Å². The molecule has 0 saturated heterocycles. The van der Waals surface area contributed by atoms with E-state index in [-0.39, 0.29) is 0 Å². The second-order valence-corrected chi connectivity index (χ2v) is 6.79. The Kier molecular flexibility index (Phi) is 7.13. The molecule has 0 radical (unpaired) electrons. The second kappa shape index (κ2) is 8.09. The highest BCUT2D eigenvalue weighted by Gasteiger charge is 2.35. The van der Waals surface area contributed by atoms with Crippen LogP contribution in [0.15, 0.2) is 11.6 Å². The van der Waals surface area contributed by atoms with Crippen LogP contribution in [0.2, 0.25) is 0 Å².